The summed E-state index contributed by atoms with van der Waals surface area (Å²) in [6.07, 6.45) is 7.79. The van der Waals surface area contributed by atoms with Gasteiger partial charge in [-0.3, -0.25) is 0 Å². The number of rotatable bonds is 7. The second-order valence-corrected chi connectivity index (χ2v) is 14.7. The van der Waals surface area contributed by atoms with Crippen molar-refractivity contribution in [2.45, 2.75) is 12.3 Å². The van der Waals surface area contributed by atoms with Gasteiger partial charge in [-0.1, -0.05) is 121 Å². The highest BCUT2D eigenvalue weighted by Crippen LogP contribution is 2.40. The van der Waals surface area contributed by atoms with Crippen LogP contribution in [0.3, 0.4) is 0 Å². The molecule has 0 N–H and O–H groups in total. The van der Waals surface area contributed by atoms with E-state index in [1.54, 1.807) is 0 Å². The van der Waals surface area contributed by atoms with Gasteiger partial charge in [0.2, 0.25) is 0 Å². The van der Waals surface area contributed by atoms with E-state index in [4.69, 9.17) is 8.83 Å². The highest BCUT2D eigenvalue weighted by atomic mass is 16.3. The van der Waals surface area contributed by atoms with Crippen LogP contribution < -0.4 is 4.90 Å². The summed E-state index contributed by atoms with van der Waals surface area (Å²) in [4.78, 5) is 2.34. The fraction of sp³-hybridized carbons (Fsp3) is 0.0370. The van der Waals surface area contributed by atoms with Crippen LogP contribution in [0.25, 0.3) is 71.7 Å². The van der Waals surface area contributed by atoms with Crippen molar-refractivity contribution in [1.82, 2.24) is 0 Å². The molecule has 1 unspecified atom stereocenters. The Bertz CT molecular complexity index is 2970. The first-order valence-electron chi connectivity index (χ1n) is 19.4. The number of hydrogen-bond acceptors (Lipinski definition) is 3. The van der Waals surface area contributed by atoms with Crippen LogP contribution in [-0.4, -0.2) is 0 Å². The van der Waals surface area contributed by atoms with Crippen molar-refractivity contribution in [2.24, 2.45) is 0 Å². The number of hydrogen-bond donors (Lipinski definition) is 0. The first-order chi connectivity index (χ1) is 28.2. The molecule has 0 saturated heterocycles. The summed E-state index contributed by atoms with van der Waals surface area (Å²) in [5, 5.41) is 4.53. The molecule has 11 rings (SSSR count). The van der Waals surface area contributed by atoms with Crippen LogP contribution in [0, 0.1) is 12.1 Å². The lowest BCUT2D eigenvalue weighted by atomic mass is 9.88. The maximum Gasteiger partial charge on any atom is 0.135 e. The molecule has 3 nitrogen and oxygen atoms in total. The van der Waals surface area contributed by atoms with E-state index in [9.17, 15) is 0 Å². The zero-order valence-corrected chi connectivity index (χ0v) is 31.0. The molecule has 57 heavy (non-hydrogen) atoms. The molecule has 0 aliphatic heterocycles. The summed E-state index contributed by atoms with van der Waals surface area (Å²) in [5.74, 6) is 0.317. The first-order valence-corrected chi connectivity index (χ1v) is 19.4. The highest BCUT2D eigenvalue weighted by Gasteiger charge is 2.17. The largest absolute Gasteiger partial charge is 0.456 e. The summed E-state index contributed by atoms with van der Waals surface area (Å²) < 4.78 is 12.2. The summed E-state index contributed by atoms with van der Waals surface area (Å²) in [7, 11) is 0. The second kappa shape index (κ2) is 13.6. The van der Waals surface area contributed by atoms with Crippen molar-refractivity contribution in [3.8, 4) is 22.3 Å². The summed E-state index contributed by atoms with van der Waals surface area (Å²) >= 11 is 0. The second-order valence-electron chi connectivity index (χ2n) is 14.7. The van der Waals surface area contributed by atoms with Gasteiger partial charge >= 0.3 is 0 Å². The molecule has 2 heterocycles. The van der Waals surface area contributed by atoms with Gasteiger partial charge in [-0.15, -0.1) is 0 Å². The molecular weight excluding hydrogens is 695 g/mol. The van der Waals surface area contributed by atoms with Crippen LogP contribution in [0.5, 0.6) is 0 Å². The molecule has 10 aromatic rings. The lowest BCUT2D eigenvalue weighted by molar-refractivity contribution is 0.668. The third-order valence-electron chi connectivity index (χ3n) is 11.3. The van der Waals surface area contributed by atoms with Gasteiger partial charge in [-0.05, 0) is 125 Å². The minimum absolute atomic E-state index is 0.317. The van der Waals surface area contributed by atoms with Crippen molar-refractivity contribution in [3.63, 3.8) is 0 Å². The number of furan rings is 2. The molecule has 0 radical (unpaired) electrons. The van der Waals surface area contributed by atoms with Gasteiger partial charge in [0.25, 0.3) is 0 Å². The van der Waals surface area contributed by atoms with Crippen LogP contribution in [0.4, 0.5) is 17.1 Å². The Labute approximate surface area is 331 Å². The maximum atomic E-state index is 6.11. The topological polar surface area (TPSA) is 29.5 Å². The third-order valence-corrected chi connectivity index (χ3v) is 11.3. The van der Waals surface area contributed by atoms with Crippen LogP contribution in [0.15, 0.2) is 203 Å². The van der Waals surface area contributed by atoms with Gasteiger partial charge in [0.15, 0.2) is 0 Å². The van der Waals surface area contributed by atoms with Crippen molar-refractivity contribution < 1.29 is 8.83 Å². The predicted octanol–water partition coefficient (Wildman–Crippen LogP) is 15.0. The molecule has 1 aliphatic carbocycles. The molecule has 8 aromatic carbocycles. The molecule has 1 aliphatic rings. The molecule has 3 heteroatoms. The summed E-state index contributed by atoms with van der Waals surface area (Å²) in [5.41, 5.74) is 15.1. The Morgan fingerprint density at radius 3 is 1.49 bits per heavy atom. The van der Waals surface area contributed by atoms with Crippen LogP contribution in [0.1, 0.15) is 23.5 Å². The van der Waals surface area contributed by atoms with E-state index < -0.39 is 0 Å². The van der Waals surface area contributed by atoms with Crippen LogP contribution in [0.2, 0.25) is 0 Å². The zero-order chi connectivity index (χ0) is 37.7. The van der Waals surface area contributed by atoms with Crippen LogP contribution >= 0.6 is 0 Å². The van der Waals surface area contributed by atoms with Gasteiger partial charge in [0, 0.05) is 50.1 Å². The molecule has 268 valence electrons. The van der Waals surface area contributed by atoms with Crippen molar-refractivity contribution >= 4 is 66.5 Å². The lowest BCUT2D eigenvalue weighted by Crippen LogP contribution is -2.10. The van der Waals surface area contributed by atoms with Gasteiger partial charge < -0.3 is 13.7 Å². The smallest absolute Gasteiger partial charge is 0.135 e. The molecule has 0 bridgehead atoms. The van der Waals surface area contributed by atoms with Crippen molar-refractivity contribution in [2.75, 3.05) is 4.90 Å². The Morgan fingerprint density at radius 1 is 0.474 bits per heavy atom. The number of allylic oxidation sites excluding steroid dienone is 4. The van der Waals surface area contributed by atoms with E-state index in [-0.39, 0.29) is 0 Å². The average molecular weight is 730 g/mol. The van der Waals surface area contributed by atoms with Crippen LogP contribution in [-0.2, 0) is 0 Å². The van der Waals surface area contributed by atoms with Gasteiger partial charge in [-0.2, -0.15) is 0 Å². The summed E-state index contributed by atoms with van der Waals surface area (Å²) in [6, 6.07) is 68.5. The van der Waals surface area contributed by atoms with E-state index in [1.807, 2.05) is 36.4 Å². The number of nitrogens with zero attached hydrogens (tertiary/aromatic N) is 1. The molecule has 0 amide bonds. The number of anilines is 3. The SMILES string of the molecule is c1cccc(C2=CCC(c3ccc(N(c4ccc(-c5ccc6oc7ccccc7c6c5)cc4)c4ccc(-c5ccc6oc7ccccc7c6c5)cc4)cc3)C=C2)c#1. The zero-order valence-electron chi connectivity index (χ0n) is 31.0. The standard InChI is InChI=1S/C54H35NO2/c1-2-8-36(9-3-1)37-14-16-38(17-15-37)39-18-26-44(27-19-39)55(45-28-20-40(21-29-45)42-24-32-53-49(34-42)47-10-4-6-12-51(47)56-53)46-30-22-41(23-31-46)43-25-33-54-50(35-43)48-11-5-7-13-52(48)57-54/h1-2,4-8,10-16,18-35,38H,17H2. The first kappa shape index (κ1) is 32.9. The normalized spacial score (nSPS) is 14.0. The molecule has 0 saturated carbocycles. The maximum absolute atomic E-state index is 6.11. The summed E-state index contributed by atoms with van der Waals surface area (Å²) in [6.45, 7) is 0. The molecular formula is C54H35NO2. The Morgan fingerprint density at radius 2 is 0.982 bits per heavy atom. The molecule has 1 atom stereocenters. The van der Waals surface area contributed by atoms with Crippen molar-refractivity contribution in [1.29, 1.82) is 0 Å². The minimum Gasteiger partial charge on any atom is -0.456 e. The molecule has 0 fully saturated rings. The quantitative estimate of drug-likeness (QED) is 0.164. The van der Waals surface area contributed by atoms with Gasteiger partial charge in [0.1, 0.15) is 22.3 Å². The van der Waals surface area contributed by atoms with E-state index >= 15 is 0 Å². The predicted molar refractivity (Wildman–Crippen MR) is 235 cm³/mol. The minimum atomic E-state index is 0.317. The Hall–Kier alpha value is -7.54. The highest BCUT2D eigenvalue weighted by molar-refractivity contribution is 6.07. The van der Waals surface area contributed by atoms with E-state index in [2.05, 4.69) is 175 Å². The van der Waals surface area contributed by atoms with Gasteiger partial charge in [0.05, 0.1) is 0 Å². The molecule has 0 spiro atoms. The third kappa shape index (κ3) is 5.96. The Kier molecular flexibility index (Phi) is 7.86. The van der Waals surface area contributed by atoms with E-state index in [1.165, 1.54) is 11.1 Å². The van der Waals surface area contributed by atoms with Gasteiger partial charge in [-0.25, -0.2) is 0 Å². The Balaban J connectivity index is 0.931. The van der Waals surface area contributed by atoms with Crippen molar-refractivity contribution in [3.05, 3.63) is 217 Å². The fourth-order valence-electron chi connectivity index (χ4n) is 8.32. The number of para-hydroxylation sites is 2. The monoisotopic (exact) mass is 729 g/mol. The van der Waals surface area contributed by atoms with E-state index in [0.717, 1.165) is 95.2 Å². The van der Waals surface area contributed by atoms with E-state index in [0.29, 0.717) is 5.92 Å². The fourth-order valence-corrected chi connectivity index (χ4v) is 8.32. The molecule has 2 aromatic heterocycles. The number of fused-ring (bicyclic) bond motifs is 6. The number of benzene rings is 7. The lowest BCUT2D eigenvalue weighted by Gasteiger charge is -2.26. The average Bonchev–Trinajstić information content (AvgIpc) is 3.85.